The molecule has 0 spiro atoms. The summed E-state index contributed by atoms with van der Waals surface area (Å²) in [5.74, 6) is 0.411. The first-order chi connectivity index (χ1) is 3.21. The van der Waals surface area contributed by atoms with Gasteiger partial charge in [-0.2, -0.15) is 0 Å². The third kappa shape index (κ3) is 2.55. The fourth-order valence-corrected chi connectivity index (χ4v) is 2.71. The Morgan fingerprint density at radius 1 is 1.38 bits per heavy atom. The van der Waals surface area contributed by atoms with E-state index in [0.717, 1.165) is 12.6 Å². The maximum absolute atomic E-state index is 5.76. The smallest absolute Gasteiger partial charge is 0.236 e. The highest BCUT2D eigenvalue weighted by Gasteiger charge is 2.33. The molecule has 0 aromatic heterocycles. The van der Waals surface area contributed by atoms with Gasteiger partial charge in [0.25, 0.3) is 0 Å². The van der Waals surface area contributed by atoms with Crippen LogP contribution < -0.4 is 12.4 Å². The number of hydrogen-bond donors (Lipinski definition) is 0. The Bertz CT molecular complexity index is 99.5. The molecule has 4 heteroatoms. The zero-order chi connectivity index (χ0) is 5.33. The molecular weight excluding hydrogens is 185 g/mol. The first-order valence-corrected chi connectivity index (χ1v) is 6.01. The van der Waals surface area contributed by atoms with Crippen LogP contribution in [0.2, 0.25) is 0 Å². The van der Waals surface area contributed by atoms with Crippen LogP contribution in [-0.2, 0) is 0 Å². The molecule has 0 saturated carbocycles. The lowest BCUT2D eigenvalue weighted by atomic mass is 10.5. The van der Waals surface area contributed by atoms with Crippen LogP contribution in [0, 0.1) is 0 Å². The lowest BCUT2D eigenvalue weighted by molar-refractivity contribution is -0.00000127. The average Bonchev–Trinajstić information content (AvgIpc) is 1.84. The zero-order valence-electron chi connectivity index (χ0n) is 4.15. The van der Waals surface area contributed by atoms with E-state index in [-0.39, 0.29) is 12.4 Å². The summed E-state index contributed by atoms with van der Waals surface area (Å²) >= 11 is 11.5. The topological polar surface area (TPSA) is 0 Å². The van der Waals surface area contributed by atoms with Gasteiger partial charge in [-0.1, -0.05) is 0 Å². The van der Waals surface area contributed by atoms with Gasteiger partial charge in [0.15, 0.2) is 0 Å². The van der Waals surface area contributed by atoms with E-state index >= 15 is 0 Å². The molecule has 0 aromatic rings. The van der Waals surface area contributed by atoms with Crippen molar-refractivity contribution in [1.82, 2.24) is 0 Å². The zero-order valence-corrected chi connectivity index (χ0v) is 7.31. The molecule has 0 saturated heterocycles. The van der Waals surface area contributed by atoms with Gasteiger partial charge >= 0.3 is 0 Å². The molecule has 0 amide bonds. The molecule has 0 nitrogen and oxygen atoms in total. The fourth-order valence-electron chi connectivity index (χ4n) is 0.550. The second kappa shape index (κ2) is 3.27. The highest BCUT2D eigenvalue weighted by molar-refractivity contribution is 8.19. The van der Waals surface area contributed by atoms with Crippen molar-refractivity contribution >= 4 is 28.4 Å². The Morgan fingerprint density at radius 3 is 2.12 bits per heavy atom. The summed E-state index contributed by atoms with van der Waals surface area (Å²) in [4.78, 5) is 0. The van der Waals surface area contributed by atoms with Gasteiger partial charge in [-0.15, -0.1) is 0 Å². The van der Waals surface area contributed by atoms with Crippen LogP contribution >= 0.6 is 28.4 Å². The normalized spacial score (nSPS) is 22.8. The molecule has 0 unspecified atom stereocenters. The van der Waals surface area contributed by atoms with Crippen molar-refractivity contribution in [2.24, 2.45) is 0 Å². The minimum absolute atomic E-state index is 0. The highest BCUT2D eigenvalue weighted by Crippen LogP contribution is 2.73. The highest BCUT2D eigenvalue weighted by atomic mass is 35.9. The molecule has 8 heavy (non-hydrogen) atoms. The summed E-state index contributed by atoms with van der Waals surface area (Å²) in [6.07, 6.45) is 4.10. The lowest BCUT2D eigenvalue weighted by Crippen LogP contribution is -3.00. The molecule has 0 bridgehead atoms. The summed E-state index contributed by atoms with van der Waals surface area (Å²) < 4.78 is 0. The minimum Gasteiger partial charge on any atom is -1.00 e. The summed E-state index contributed by atoms with van der Waals surface area (Å²) in [5.41, 5.74) is 0. The number of allylic oxidation sites excluding steroid dienone is 1. The molecule has 1 heterocycles. The van der Waals surface area contributed by atoms with E-state index < -0.39 is 5.97 Å². The fraction of sp³-hybridized carbons (Fsp3) is 0.500. The van der Waals surface area contributed by atoms with Crippen LogP contribution in [0.3, 0.4) is 0 Å². The minimum atomic E-state index is -1.53. The largest absolute Gasteiger partial charge is 1.00 e. The molecule has 0 N–H and O–H groups in total. The van der Waals surface area contributed by atoms with E-state index in [1.165, 1.54) is 0 Å². The molecular formula is C4H6Cl3P. The Balaban J connectivity index is 0.000000490. The third-order valence-corrected chi connectivity index (χ3v) is 4.11. The van der Waals surface area contributed by atoms with Crippen molar-refractivity contribution in [2.45, 2.75) is 6.42 Å². The van der Waals surface area contributed by atoms with Gasteiger partial charge in [0.2, 0.25) is 5.97 Å². The summed E-state index contributed by atoms with van der Waals surface area (Å²) in [6.45, 7) is 0. The maximum Gasteiger partial charge on any atom is 0.236 e. The van der Waals surface area contributed by atoms with E-state index in [1.807, 2.05) is 11.9 Å². The van der Waals surface area contributed by atoms with E-state index in [9.17, 15) is 0 Å². The summed E-state index contributed by atoms with van der Waals surface area (Å²) in [7, 11) is 0. The predicted octanol–water partition coefficient (Wildman–Crippen LogP) is 0.233. The SMILES string of the molecule is Cl[P+]1(Cl)C=CCC1.[Cl-]. The van der Waals surface area contributed by atoms with Gasteiger partial charge in [-0.3, -0.25) is 0 Å². The monoisotopic (exact) mass is 190 g/mol. The van der Waals surface area contributed by atoms with Crippen molar-refractivity contribution in [3.05, 3.63) is 11.9 Å². The Kier molecular flexibility index (Phi) is 3.69. The van der Waals surface area contributed by atoms with Crippen LogP contribution in [0.15, 0.2) is 11.9 Å². The van der Waals surface area contributed by atoms with Crippen LogP contribution in [0.4, 0.5) is 0 Å². The van der Waals surface area contributed by atoms with Crippen molar-refractivity contribution < 1.29 is 12.4 Å². The van der Waals surface area contributed by atoms with Crippen LogP contribution in [-0.4, -0.2) is 6.16 Å². The second-order valence-corrected chi connectivity index (χ2v) is 7.82. The molecule has 0 aliphatic carbocycles. The van der Waals surface area contributed by atoms with Gasteiger partial charge in [0.1, 0.15) is 22.5 Å². The van der Waals surface area contributed by atoms with E-state index in [2.05, 4.69) is 0 Å². The number of halogens is 3. The standard InChI is InChI=1S/C4H6Cl2P.ClH/c5-7(6)3-1-2-4-7;/h1,3H,2,4H2;1H/q+1;/p-1. The van der Waals surface area contributed by atoms with Gasteiger partial charge in [0, 0.05) is 6.42 Å². The predicted molar refractivity (Wildman–Crippen MR) is 37.2 cm³/mol. The molecule has 0 radical (unpaired) electrons. The number of rotatable bonds is 0. The van der Waals surface area contributed by atoms with Crippen LogP contribution in [0.25, 0.3) is 0 Å². The Morgan fingerprint density at radius 2 is 2.00 bits per heavy atom. The second-order valence-electron chi connectivity index (χ2n) is 1.58. The van der Waals surface area contributed by atoms with E-state index in [0.29, 0.717) is 0 Å². The summed E-state index contributed by atoms with van der Waals surface area (Å²) in [5, 5.41) is 0. The Labute approximate surface area is 65.6 Å². The average molecular weight is 191 g/mol. The van der Waals surface area contributed by atoms with Crippen molar-refractivity contribution in [3.8, 4) is 0 Å². The quantitative estimate of drug-likeness (QED) is 0.481. The van der Waals surface area contributed by atoms with Gasteiger partial charge < -0.3 is 12.4 Å². The lowest BCUT2D eigenvalue weighted by Gasteiger charge is -1.92. The first kappa shape index (κ1) is 9.04. The van der Waals surface area contributed by atoms with Crippen molar-refractivity contribution in [3.63, 3.8) is 0 Å². The number of hydrogen-bond acceptors (Lipinski definition) is 0. The molecule has 1 aliphatic heterocycles. The molecule has 0 atom stereocenters. The molecule has 0 aromatic carbocycles. The van der Waals surface area contributed by atoms with Crippen molar-refractivity contribution in [2.75, 3.05) is 6.16 Å². The van der Waals surface area contributed by atoms with Gasteiger partial charge in [0.05, 0.1) is 12.0 Å². The summed E-state index contributed by atoms with van der Waals surface area (Å²) in [6, 6.07) is 0. The van der Waals surface area contributed by atoms with Gasteiger partial charge in [-0.25, -0.2) is 0 Å². The molecule has 1 rings (SSSR count). The first-order valence-electron chi connectivity index (χ1n) is 2.15. The Hall–Kier alpha value is 1.04. The van der Waals surface area contributed by atoms with E-state index in [4.69, 9.17) is 22.5 Å². The van der Waals surface area contributed by atoms with Crippen LogP contribution in [0.5, 0.6) is 0 Å². The van der Waals surface area contributed by atoms with Crippen molar-refractivity contribution in [1.29, 1.82) is 0 Å². The van der Waals surface area contributed by atoms with Crippen LogP contribution in [0.1, 0.15) is 6.42 Å². The van der Waals surface area contributed by atoms with Gasteiger partial charge in [-0.05, 0) is 6.08 Å². The maximum atomic E-state index is 5.76. The molecule has 48 valence electrons. The van der Waals surface area contributed by atoms with E-state index in [1.54, 1.807) is 0 Å². The molecule has 1 aliphatic rings. The molecule has 0 fully saturated rings. The third-order valence-electron chi connectivity index (χ3n) is 0.917.